The molecular weight excluding hydrogens is 279 g/mol. The molecule has 4 nitrogen and oxygen atoms in total. The van der Waals surface area contributed by atoms with Crippen molar-refractivity contribution in [3.05, 3.63) is 23.0 Å². The van der Waals surface area contributed by atoms with Crippen LogP contribution < -0.4 is 5.73 Å². The summed E-state index contributed by atoms with van der Waals surface area (Å²) in [6, 6.07) is 2.91. The van der Waals surface area contributed by atoms with Gasteiger partial charge in [0.15, 0.2) is 0 Å². The maximum Gasteiger partial charge on any atom is 0.201 e. The Morgan fingerprint density at radius 2 is 2.05 bits per heavy atom. The first kappa shape index (κ1) is 15.1. The zero-order valence-corrected chi connectivity index (χ0v) is 13.0. The fourth-order valence-corrected chi connectivity index (χ4v) is 2.80. The Morgan fingerprint density at radius 3 is 2.65 bits per heavy atom. The quantitative estimate of drug-likeness (QED) is 0.944. The number of hydrogen-bond donors (Lipinski definition) is 1. The number of nitrogens with zero attached hydrogens (tertiary/aromatic N) is 3. The molecule has 2 aromatic rings. The third-order valence-electron chi connectivity index (χ3n) is 3.15. The van der Waals surface area contributed by atoms with E-state index in [1.54, 1.807) is 0 Å². The highest BCUT2D eigenvalue weighted by Gasteiger charge is 2.22. The van der Waals surface area contributed by atoms with E-state index in [0.29, 0.717) is 23.5 Å². The molecule has 0 spiro atoms. The van der Waals surface area contributed by atoms with Crippen molar-refractivity contribution in [1.29, 1.82) is 0 Å². The molecule has 1 heterocycles. The molecule has 2 rings (SSSR count). The second kappa shape index (κ2) is 5.22. The zero-order chi connectivity index (χ0) is 15.1. The number of hydrogen-bond acceptors (Lipinski definition) is 3. The van der Waals surface area contributed by atoms with E-state index >= 15 is 0 Å². The fraction of sp³-hybridized carbons (Fsp3) is 0.500. The first-order chi connectivity index (χ1) is 9.19. The second-order valence-corrected chi connectivity index (χ2v) is 6.62. The average Bonchev–Trinajstić information content (AvgIpc) is 2.54. The van der Waals surface area contributed by atoms with Gasteiger partial charge in [0, 0.05) is 19.2 Å². The van der Waals surface area contributed by atoms with Crippen LogP contribution in [0.15, 0.2) is 12.1 Å². The van der Waals surface area contributed by atoms with Crippen molar-refractivity contribution >= 4 is 28.6 Å². The second-order valence-electron chi connectivity index (χ2n) is 6.21. The van der Waals surface area contributed by atoms with Gasteiger partial charge in [-0.3, -0.25) is 0 Å². The smallest absolute Gasteiger partial charge is 0.201 e. The van der Waals surface area contributed by atoms with Gasteiger partial charge in [0.1, 0.15) is 5.82 Å². The SMILES string of the molecule is CN(C)CC(C)(C)Cn1c(N)nc2cc(Cl)c(F)cc21. The van der Waals surface area contributed by atoms with E-state index in [2.05, 4.69) is 23.7 Å². The number of nitrogens with two attached hydrogens (primary N) is 1. The van der Waals surface area contributed by atoms with Crippen molar-refractivity contribution < 1.29 is 4.39 Å². The molecule has 2 N–H and O–H groups in total. The van der Waals surface area contributed by atoms with E-state index in [4.69, 9.17) is 17.3 Å². The van der Waals surface area contributed by atoms with Crippen LogP contribution in [0, 0.1) is 11.2 Å². The minimum Gasteiger partial charge on any atom is -0.369 e. The molecule has 6 heteroatoms. The van der Waals surface area contributed by atoms with Gasteiger partial charge in [0.05, 0.1) is 16.1 Å². The van der Waals surface area contributed by atoms with Crippen molar-refractivity contribution in [3.63, 3.8) is 0 Å². The van der Waals surface area contributed by atoms with Crippen molar-refractivity contribution in [1.82, 2.24) is 14.5 Å². The van der Waals surface area contributed by atoms with Gasteiger partial charge in [-0.05, 0) is 25.6 Å². The molecular formula is C14H20ClFN4. The molecule has 0 atom stereocenters. The summed E-state index contributed by atoms with van der Waals surface area (Å²) in [5.74, 6) is -0.0702. The van der Waals surface area contributed by atoms with Gasteiger partial charge in [0.2, 0.25) is 5.95 Å². The minimum atomic E-state index is -0.453. The van der Waals surface area contributed by atoms with Crippen LogP contribution in [0.5, 0.6) is 0 Å². The number of nitrogen functional groups attached to an aromatic ring is 1. The largest absolute Gasteiger partial charge is 0.369 e. The molecule has 0 unspecified atom stereocenters. The Labute approximate surface area is 123 Å². The molecule has 1 aromatic heterocycles. The van der Waals surface area contributed by atoms with E-state index in [1.807, 2.05) is 18.7 Å². The topological polar surface area (TPSA) is 47.1 Å². The highest BCUT2D eigenvalue weighted by molar-refractivity contribution is 6.31. The summed E-state index contributed by atoms with van der Waals surface area (Å²) < 4.78 is 15.5. The lowest BCUT2D eigenvalue weighted by molar-refractivity contribution is 0.214. The number of aromatic nitrogens is 2. The van der Waals surface area contributed by atoms with Gasteiger partial charge in [-0.2, -0.15) is 0 Å². The van der Waals surface area contributed by atoms with Crippen LogP contribution in [0.2, 0.25) is 5.02 Å². The molecule has 0 saturated heterocycles. The van der Waals surface area contributed by atoms with E-state index in [-0.39, 0.29) is 10.4 Å². The van der Waals surface area contributed by atoms with Crippen LogP contribution >= 0.6 is 11.6 Å². The first-order valence-electron chi connectivity index (χ1n) is 6.45. The number of anilines is 1. The lowest BCUT2D eigenvalue weighted by Gasteiger charge is -2.29. The van der Waals surface area contributed by atoms with Crippen molar-refractivity contribution in [2.75, 3.05) is 26.4 Å². The van der Waals surface area contributed by atoms with Crippen molar-refractivity contribution in [3.8, 4) is 0 Å². The highest BCUT2D eigenvalue weighted by Crippen LogP contribution is 2.28. The summed E-state index contributed by atoms with van der Waals surface area (Å²) in [7, 11) is 4.05. The van der Waals surface area contributed by atoms with Crippen LogP contribution in [-0.2, 0) is 6.54 Å². The molecule has 0 fully saturated rings. The molecule has 0 radical (unpaired) electrons. The van der Waals surface area contributed by atoms with Gasteiger partial charge in [-0.15, -0.1) is 0 Å². The standard InChI is InChI=1S/C14H20ClFN4/c1-14(2,7-19(3)4)8-20-12-6-10(16)9(15)5-11(12)18-13(20)17/h5-6H,7-8H2,1-4H3,(H2,17,18). The third-order valence-corrected chi connectivity index (χ3v) is 3.44. The maximum absolute atomic E-state index is 13.7. The lowest BCUT2D eigenvalue weighted by atomic mass is 9.93. The average molecular weight is 299 g/mol. The predicted octanol–water partition coefficient (Wildman–Crippen LogP) is 3.00. The van der Waals surface area contributed by atoms with Crippen LogP contribution in [0.4, 0.5) is 10.3 Å². The number of halogens is 2. The molecule has 1 aromatic carbocycles. The van der Waals surface area contributed by atoms with E-state index in [0.717, 1.165) is 6.54 Å². The van der Waals surface area contributed by atoms with Crippen molar-refractivity contribution in [2.45, 2.75) is 20.4 Å². The summed E-state index contributed by atoms with van der Waals surface area (Å²) in [5, 5.41) is 0.0645. The van der Waals surface area contributed by atoms with Crippen LogP contribution in [0.25, 0.3) is 11.0 Å². The molecule has 0 aliphatic carbocycles. The van der Waals surface area contributed by atoms with Gasteiger partial charge in [0.25, 0.3) is 0 Å². The number of imidazole rings is 1. The van der Waals surface area contributed by atoms with Gasteiger partial charge < -0.3 is 15.2 Å². The first-order valence-corrected chi connectivity index (χ1v) is 6.83. The molecule has 0 amide bonds. The monoisotopic (exact) mass is 298 g/mol. The van der Waals surface area contributed by atoms with E-state index < -0.39 is 5.82 Å². The summed E-state index contributed by atoms with van der Waals surface area (Å²) in [4.78, 5) is 6.37. The fourth-order valence-electron chi connectivity index (χ4n) is 2.64. The van der Waals surface area contributed by atoms with Gasteiger partial charge >= 0.3 is 0 Å². The number of fused-ring (bicyclic) bond motifs is 1. The molecule has 20 heavy (non-hydrogen) atoms. The zero-order valence-electron chi connectivity index (χ0n) is 12.2. The normalized spacial score (nSPS) is 12.6. The predicted molar refractivity (Wildman–Crippen MR) is 81.4 cm³/mol. The van der Waals surface area contributed by atoms with Crippen LogP contribution in [0.3, 0.4) is 0 Å². The minimum absolute atomic E-state index is 0.0125. The van der Waals surface area contributed by atoms with Crippen molar-refractivity contribution in [2.24, 2.45) is 5.41 Å². The summed E-state index contributed by atoms with van der Waals surface area (Å²) in [6.07, 6.45) is 0. The number of benzene rings is 1. The lowest BCUT2D eigenvalue weighted by Crippen LogP contribution is -2.32. The Balaban J connectivity index is 2.44. The third kappa shape index (κ3) is 3.04. The Bertz CT molecular complexity index is 634. The van der Waals surface area contributed by atoms with E-state index in [1.165, 1.54) is 12.1 Å². The molecule has 0 saturated carbocycles. The Morgan fingerprint density at radius 1 is 1.40 bits per heavy atom. The Kier molecular flexibility index (Phi) is 3.93. The summed E-state index contributed by atoms with van der Waals surface area (Å²) in [5.41, 5.74) is 7.25. The van der Waals surface area contributed by atoms with Gasteiger partial charge in [-0.1, -0.05) is 25.4 Å². The number of rotatable bonds is 4. The summed E-state index contributed by atoms with van der Waals surface area (Å²) >= 11 is 5.78. The maximum atomic E-state index is 13.7. The molecule has 110 valence electrons. The summed E-state index contributed by atoms with van der Waals surface area (Å²) in [6.45, 7) is 5.84. The molecule has 0 aliphatic heterocycles. The highest BCUT2D eigenvalue weighted by atomic mass is 35.5. The molecule has 0 aliphatic rings. The Hall–Kier alpha value is -1.33. The van der Waals surface area contributed by atoms with Gasteiger partial charge in [-0.25, -0.2) is 9.37 Å². The molecule has 0 bridgehead atoms. The van der Waals surface area contributed by atoms with Crippen LogP contribution in [0.1, 0.15) is 13.8 Å². The van der Waals surface area contributed by atoms with Crippen LogP contribution in [-0.4, -0.2) is 35.1 Å². The van der Waals surface area contributed by atoms with E-state index in [9.17, 15) is 4.39 Å².